The van der Waals surface area contributed by atoms with E-state index in [9.17, 15) is 9.59 Å². The van der Waals surface area contributed by atoms with Gasteiger partial charge in [0, 0.05) is 13.1 Å². The lowest BCUT2D eigenvalue weighted by atomic mass is 10.0. The maximum Gasteiger partial charge on any atom is 0.242 e. The van der Waals surface area contributed by atoms with Gasteiger partial charge < -0.3 is 16.0 Å². The Morgan fingerprint density at radius 2 is 2.25 bits per heavy atom. The molecule has 0 aliphatic carbocycles. The summed E-state index contributed by atoms with van der Waals surface area (Å²) in [7, 11) is 0. The maximum absolute atomic E-state index is 12.1. The molecular formula is C11H21N3O2. The summed E-state index contributed by atoms with van der Waals surface area (Å²) < 4.78 is 0. The summed E-state index contributed by atoms with van der Waals surface area (Å²) in [6, 6.07) is -0.869. The Labute approximate surface area is 96.4 Å². The van der Waals surface area contributed by atoms with Crippen LogP contribution in [0.25, 0.3) is 0 Å². The highest BCUT2D eigenvalue weighted by molar-refractivity contribution is 5.90. The first-order valence-electron chi connectivity index (χ1n) is 5.82. The standard InChI is InChI=1S/C11H21N3O2/c1-4-8-10(15)13-5-6-14(8)11(16)9(12)7(2)3/h7-9H,4-6,12H2,1-3H3,(H,13,15)/t8?,9-/m0/s1. The van der Waals surface area contributed by atoms with Gasteiger partial charge in [-0.1, -0.05) is 20.8 Å². The van der Waals surface area contributed by atoms with E-state index in [4.69, 9.17) is 5.73 Å². The van der Waals surface area contributed by atoms with Gasteiger partial charge in [0.05, 0.1) is 6.04 Å². The molecule has 0 radical (unpaired) electrons. The predicted octanol–water partition coefficient (Wildman–Crippen LogP) is -0.293. The average molecular weight is 227 g/mol. The van der Waals surface area contributed by atoms with Crippen molar-refractivity contribution in [2.24, 2.45) is 11.7 Å². The van der Waals surface area contributed by atoms with E-state index in [-0.39, 0.29) is 23.8 Å². The number of carbonyl (C=O) groups excluding carboxylic acids is 2. The molecule has 1 aliphatic heterocycles. The quantitative estimate of drug-likeness (QED) is 0.695. The largest absolute Gasteiger partial charge is 0.353 e. The van der Waals surface area contributed by atoms with E-state index in [0.717, 1.165) is 0 Å². The second kappa shape index (κ2) is 5.30. The van der Waals surface area contributed by atoms with Crippen molar-refractivity contribution in [2.45, 2.75) is 39.3 Å². The van der Waals surface area contributed by atoms with Gasteiger partial charge in [-0.2, -0.15) is 0 Å². The van der Waals surface area contributed by atoms with Crippen molar-refractivity contribution < 1.29 is 9.59 Å². The first kappa shape index (κ1) is 13.0. The third-order valence-electron chi connectivity index (χ3n) is 3.00. The molecule has 1 heterocycles. The van der Waals surface area contributed by atoms with Gasteiger partial charge in [0.25, 0.3) is 0 Å². The van der Waals surface area contributed by atoms with Crippen LogP contribution in [0.2, 0.25) is 0 Å². The topological polar surface area (TPSA) is 75.4 Å². The lowest BCUT2D eigenvalue weighted by Crippen LogP contribution is -2.60. The average Bonchev–Trinajstić information content (AvgIpc) is 2.26. The lowest BCUT2D eigenvalue weighted by molar-refractivity contribution is -0.144. The molecule has 0 aromatic rings. The van der Waals surface area contributed by atoms with Crippen LogP contribution in [0.4, 0.5) is 0 Å². The fourth-order valence-electron chi connectivity index (χ4n) is 1.86. The molecule has 5 heteroatoms. The first-order valence-corrected chi connectivity index (χ1v) is 5.82. The summed E-state index contributed by atoms with van der Waals surface area (Å²) in [5.41, 5.74) is 5.83. The molecule has 16 heavy (non-hydrogen) atoms. The summed E-state index contributed by atoms with van der Waals surface area (Å²) in [5.74, 6) is -0.0928. The smallest absolute Gasteiger partial charge is 0.242 e. The van der Waals surface area contributed by atoms with Crippen molar-refractivity contribution in [1.82, 2.24) is 10.2 Å². The number of amides is 2. The molecule has 1 unspecified atom stereocenters. The van der Waals surface area contributed by atoms with Gasteiger partial charge in [-0.05, 0) is 12.3 Å². The van der Waals surface area contributed by atoms with E-state index >= 15 is 0 Å². The van der Waals surface area contributed by atoms with Crippen molar-refractivity contribution in [2.75, 3.05) is 13.1 Å². The first-order chi connectivity index (χ1) is 7.49. The van der Waals surface area contributed by atoms with Crippen LogP contribution in [0.3, 0.4) is 0 Å². The molecule has 0 bridgehead atoms. The minimum absolute atomic E-state index is 0.0712. The summed E-state index contributed by atoms with van der Waals surface area (Å²) in [6.45, 7) is 6.80. The molecule has 0 aromatic heterocycles. The monoisotopic (exact) mass is 227 g/mol. The van der Waals surface area contributed by atoms with Gasteiger partial charge in [0.1, 0.15) is 6.04 Å². The minimum atomic E-state index is -0.514. The van der Waals surface area contributed by atoms with Gasteiger partial charge in [-0.25, -0.2) is 0 Å². The molecule has 3 N–H and O–H groups in total. The Balaban J connectivity index is 2.76. The highest BCUT2D eigenvalue weighted by Crippen LogP contribution is 2.12. The Kier molecular flexibility index (Phi) is 4.29. The third kappa shape index (κ3) is 2.52. The molecule has 92 valence electrons. The number of nitrogens with one attached hydrogen (secondary N) is 1. The Hall–Kier alpha value is -1.10. The molecule has 1 saturated heterocycles. The summed E-state index contributed by atoms with van der Waals surface area (Å²) >= 11 is 0. The minimum Gasteiger partial charge on any atom is -0.353 e. The molecule has 5 nitrogen and oxygen atoms in total. The van der Waals surface area contributed by atoms with Crippen LogP contribution in [0.5, 0.6) is 0 Å². The summed E-state index contributed by atoms with van der Waals surface area (Å²) in [5, 5.41) is 2.76. The Bertz CT molecular complexity index is 278. The fraction of sp³-hybridized carbons (Fsp3) is 0.818. The van der Waals surface area contributed by atoms with E-state index in [1.807, 2.05) is 20.8 Å². The molecule has 1 rings (SSSR count). The zero-order valence-electron chi connectivity index (χ0n) is 10.2. The number of hydrogen-bond donors (Lipinski definition) is 2. The molecule has 2 amide bonds. The highest BCUT2D eigenvalue weighted by atomic mass is 16.2. The van der Waals surface area contributed by atoms with Gasteiger partial charge >= 0.3 is 0 Å². The van der Waals surface area contributed by atoms with Crippen LogP contribution in [-0.2, 0) is 9.59 Å². The van der Waals surface area contributed by atoms with Gasteiger partial charge in [0.2, 0.25) is 11.8 Å². The van der Waals surface area contributed by atoms with Crippen molar-refractivity contribution in [1.29, 1.82) is 0 Å². The molecule has 0 spiro atoms. The molecule has 2 atom stereocenters. The van der Waals surface area contributed by atoms with Crippen molar-refractivity contribution >= 4 is 11.8 Å². The van der Waals surface area contributed by atoms with Crippen molar-refractivity contribution in [3.8, 4) is 0 Å². The van der Waals surface area contributed by atoms with E-state index in [2.05, 4.69) is 5.32 Å². The van der Waals surface area contributed by atoms with Crippen LogP contribution < -0.4 is 11.1 Å². The van der Waals surface area contributed by atoms with Gasteiger partial charge in [-0.3, -0.25) is 9.59 Å². The molecule has 1 aliphatic rings. The zero-order valence-corrected chi connectivity index (χ0v) is 10.2. The number of nitrogens with two attached hydrogens (primary N) is 1. The van der Waals surface area contributed by atoms with Crippen LogP contribution >= 0.6 is 0 Å². The van der Waals surface area contributed by atoms with E-state index < -0.39 is 6.04 Å². The number of carbonyl (C=O) groups is 2. The number of hydrogen-bond acceptors (Lipinski definition) is 3. The van der Waals surface area contributed by atoms with Crippen LogP contribution in [0, 0.1) is 5.92 Å². The zero-order chi connectivity index (χ0) is 12.3. The number of piperazine rings is 1. The summed E-state index contributed by atoms with van der Waals surface area (Å²) in [6.07, 6.45) is 0.627. The Morgan fingerprint density at radius 1 is 1.62 bits per heavy atom. The predicted molar refractivity (Wildman–Crippen MR) is 61.6 cm³/mol. The number of nitrogens with zero attached hydrogens (tertiary/aromatic N) is 1. The van der Waals surface area contributed by atoms with E-state index in [0.29, 0.717) is 19.5 Å². The van der Waals surface area contributed by atoms with Crippen LogP contribution in [-0.4, -0.2) is 41.9 Å². The second-order valence-electron chi connectivity index (χ2n) is 4.52. The number of rotatable bonds is 3. The van der Waals surface area contributed by atoms with E-state index in [1.165, 1.54) is 0 Å². The fourth-order valence-corrected chi connectivity index (χ4v) is 1.86. The highest BCUT2D eigenvalue weighted by Gasteiger charge is 2.34. The molecule has 0 saturated carbocycles. The third-order valence-corrected chi connectivity index (χ3v) is 3.00. The SMILES string of the molecule is CCC1C(=O)NCCN1C(=O)[C@@H](N)C(C)C. The second-order valence-corrected chi connectivity index (χ2v) is 4.52. The van der Waals surface area contributed by atoms with Gasteiger partial charge in [-0.15, -0.1) is 0 Å². The van der Waals surface area contributed by atoms with Gasteiger partial charge in [0.15, 0.2) is 0 Å². The maximum atomic E-state index is 12.1. The molecular weight excluding hydrogens is 206 g/mol. The van der Waals surface area contributed by atoms with E-state index in [1.54, 1.807) is 4.90 Å². The van der Waals surface area contributed by atoms with Crippen molar-refractivity contribution in [3.63, 3.8) is 0 Å². The lowest BCUT2D eigenvalue weighted by Gasteiger charge is -2.36. The molecule has 1 fully saturated rings. The van der Waals surface area contributed by atoms with Crippen molar-refractivity contribution in [3.05, 3.63) is 0 Å². The summed E-state index contributed by atoms with van der Waals surface area (Å²) in [4.78, 5) is 25.3. The normalized spacial score (nSPS) is 23.2. The van der Waals surface area contributed by atoms with Crippen LogP contribution in [0.15, 0.2) is 0 Å². The Morgan fingerprint density at radius 3 is 2.75 bits per heavy atom. The molecule has 0 aromatic carbocycles. The van der Waals surface area contributed by atoms with Crippen LogP contribution in [0.1, 0.15) is 27.2 Å².